The maximum absolute atomic E-state index is 6.63. The summed E-state index contributed by atoms with van der Waals surface area (Å²) in [5.74, 6) is 0. The van der Waals surface area contributed by atoms with E-state index >= 15 is 0 Å². The number of hydrogen-bond donors (Lipinski definition) is 0. The molecule has 0 unspecified atom stereocenters. The summed E-state index contributed by atoms with van der Waals surface area (Å²) in [7, 11) is 0. The fourth-order valence-electron chi connectivity index (χ4n) is 9.38. The third kappa shape index (κ3) is 6.46. The lowest BCUT2D eigenvalue weighted by atomic mass is 9.92. The summed E-state index contributed by atoms with van der Waals surface area (Å²) >= 11 is 0. The van der Waals surface area contributed by atoms with Crippen molar-refractivity contribution >= 4 is 60.8 Å². The van der Waals surface area contributed by atoms with Crippen molar-refractivity contribution in [2.24, 2.45) is 0 Å². The van der Waals surface area contributed by atoms with Crippen molar-refractivity contribution in [2.45, 2.75) is 0 Å². The van der Waals surface area contributed by atoms with Gasteiger partial charge in [0.25, 0.3) is 0 Å². The first-order valence-electron chi connectivity index (χ1n) is 21.5. The lowest BCUT2D eigenvalue weighted by Gasteiger charge is -2.26. The van der Waals surface area contributed by atoms with Gasteiger partial charge in [-0.1, -0.05) is 152 Å². The normalized spacial score (nSPS) is 11.5. The summed E-state index contributed by atoms with van der Waals surface area (Å²) in [6, 6.07) is 87.1. The highest BCUT2D eigenvalue weighted by atomic mass is 16.3. The number of anilines is 3. The summed E-state index contributed by atoms with van der Waals surface area (Å²) in [6.07, 6.45) is 0. The predicted octanol–water partition coefficient (Wildman–Crippen LogP) is 16.8. The fourth-order valence-corrected chi connectivity index (χ4v) is 9.38. The molecule has 2 aromatic heterocycles. The summed E-state index contributed by atoms with van der Waals surface area (Å²) in [5.41, 5.74) is 17.7. The van der Waals surface area contributed by atoms with E-state index < -0.39 is 0 Å². The van der Waals surface area contributed by atoms with Crippen LogP contribution in [0.15, 0.2) is 247 Å². The number of fused-ring (bicyclic) bond motifs is 6. The van der Waals surface area contributed by atoms with Crippen LogP contribution in [-0.4, -0.2) is 4.57 Å². The Morgan fingerprint density at radius 2 is 0.841 bits per heavy atom. The number of aromatic nitrogens is 1. The molecule has 3 heteroatoms. The molecule has 0 saturated heterocycles. The van der Waals surface area contributed by atoms with E-state index in [1.165, 1.54) is 32.9 Å². The van der Waals surface area contributed by atoms with Crippen molar-refractivity contribution in [3.63, 3.8) is 0 Å². The Morgan fingerprint density at radius 3 is 1.65 bits per heavy atom. The van der Waals surface area contributed by atoms with E-state index in [4.69, 9.17) is 4.42 Å². The Balaban J connectivity index is 1.02. The van der Waals surface area contributed by atoms with Gasteiger partial charge in [0.05, 0.1) is 11.0 Å². The van der Waals surface area contributed by atoms with Crippen LogP contribution in [0.2, 0.25) is 0 Å². The van der Waals surface area contributed by atoms with Crippen LogP contribution in [0.4, 0.5) is 17.1 Å². The largest absolute Gasteiger partial charge is 0.455 e. The number of furan rings is 1. The van der Waals surface area contributed by atoms with Crippen molar-refractivity contribution in [3.8, 4) is 50.2 Å². The minimum absolute atomic E-state index is 0.893. The first-order valence-corrected chi connectivity index (χ1v) is 21.5. The molecule has 12 aromatic rings. The number of para-hydroxylation sites is 5. The van der Waals surface area contributed by atoms with Crippen LogP contribution < -0.4 is 4.90 Å². The molecule has 0 bridgehead atoms. The van der Waals surface area contributed by atoms with Gasteiger partial charge in [0, 0.05) is 49.9 Å². The molecule has 10 aromatic carbocycles. The van der Waals surface area contributed by atoms with Crippen LogP contribution in [0.5, 0.6) is 0 Å². The highest BCUT2D eigenvalue weighted by Gasteiger charge is 2.18. The summed E-state index contributed by atoms with van der Waals surface area (Å²) in [6.45, 7) is 0. The third-order valence-corrected chi connectivity index (χ3v) is 12.4. The molecular weight excluding hydrogens is 765 g/mol. The van der Waals surface area contributed by atoms with Crippen LogP contribution in [0.1, 0.15) is 0 Å². The maximum atomic E-state index is 6.63. The Bertz CT molecular complexity index is 3600. The molecular formula is C60H40N2O. The van der Waals surface area contributed by atoms with Gasteiger partial charge in [-0.3, -0.25) is 0 Å². The van der Waals surface area contributed by atoms with Crippen molar-refractivity contribution < 1.29 is 4.42 Å². The molecule has 0 aliphatic carbocycles. The average Bonchev–Trinajstić information content (AvgIpc) is 3.91. The summed E-state index contributed by atoms with van der Waals surface area (Å²) < 4.78 is 9.01. The zero-order valence-electron chi connectivity index (χ0n) is 34.4. The van der Waals surface area contributed by atoms with E-state index in [9.17, 15) is 0 Å². The number of hydrogen-bond acceptors (Lipinski definition) is 2. The van der Waals surface area contributed by atoms with Crippen molar-refractivity contribution in [1.82, 2.24) is 4.57 Å². The minimum atomic E-state index is 0.893. The molecule has 296 valence electrons. The fraction of sp³-hybridized carbons (Fsp3) is 0. The quantitative estimate of drug-likeness (QED) is 0.153. The van der Waals surface area contributed by atoms with E-state index in [0.29, 0.717) is 0 Å². The standard InChI is InChI=1S/C60H40N2O/c1-4-16-41(17-5-1)43-18-14-23-51(39-43)61(48-19-6-2-7-20-48)50-33-30-42(31-34-50)45-36-46(38-47(37-45)52-26-15-27-55-54-25-11-13-29-59(54)63-60(52)55)44-32-35-58-56(40-44)53-24-10-12-28-57(53)62(58)49-21-8-3-9-22-49/h1-40H. The molecule has 0 N–H and O–H groups in total. The monoisotopic (exact) mass is 804 g/mol. The van der Waals surface area contributed by atoms with Crippen LogP contribution >= 0.6 is 0 Å². The third-order valence-electron chi connectivity index (χ3n) is 12.4. The topological polar surface area (TPSA) is 21.3 Å². The summed E-state index contributed by atoms with van der Waals surface area (Å²) in [4.78, 5) is 2.33. The Morgan fingerprint density at radius 1 is 0.302 bits per heavy atom. The van der Waals surface area contributed by atoms with Crippen molar-refractivity contribution in [1.29, 1.82) is 0 Å². The second-order valence-electron chi connectivity index (χ2n) is 16.1. The maximum Gasteiger partial charge on any atom is 0.143 e. The molecule has 0 amide bonds. The minimum Gasteiger partial charge on any atom is -0.455 e. The van der Waals surface area contributed by atoms with Gasteiger partial charge in [0.15, 0.2) is 0 Å². The molecule has 0 saturated carbocycles. The van der Waals surface area contributed by atoms with Gasteiger partial charge in [0.2, 0.25) is 0 Å². The molecule has 12 rings (SSSR count). The van der Waals surface area contributed by atoms with Crippen LogP contribution in [0.3, 0.4) is 0 Å². The van der Waals surface area contributed by atoms with E-state index in [1.807, 2.05) is 6.07 Å². The van der Waals surface area contributed by atoms with Crippen LogP contribution in [-0.2, 0) is 0 Å². The Hall–Kier alpha value is -8.40. The molecule has 63 heavy (non-hydrogen) atoms. The highest BCUT2D eigenvalue weighted by Crippen LogP contribution is 2.42. The second kappa shape index (κ2) is 15.3. The smallest absolute Gasteiger partial charge is 0.143 e. The molecule has 0 atom stereocenters. The highest BCUT2D eigenvalue weighted by molar-refractivity contribution is 6.12. The lowest BCUT2D eigenvalue weighted by Crippen LogP contribution is -2.09. The van der Waals surface area contributed by atoms with Gasteiger partial charge in [-0.05, 0) is 130 Å². The van der Waals surface area contributed by atoms with Crippen LogP contribution in [0.25, 0.3) is 93.9 Å². The van der Waals surface area contributed by atoms with Crippen molar-refractivity contribution in [3.05, 3.63) is 243 Å². The van der Waals surface area contributed by atoms with Gasteiger partial charge < -0.3 is 13.9 Å². The van der Waals surface area contributed by atoms with E-state index in [1.54, 1.807) is 0 Å². The zero-order chi connectivity index (χ0) is 41.7. The zero-order valence-corrected chi connectivity index (χ0v) is 34.4. The first-order chi connectivity index (χ1) is 31.2. The molecule has 0 aliphatic rings. The molecule has 0 fully saturated rings. The number of nitrogens with zero attached hydrogens (tertiary/aromatic N) is 2. The molecule has 0 spiro atoms. The van der Waals surface area contributed by atoms with Crippen molar-refractivity contribution in [2.75, 3.05) is 4.90 Å². The lowest BCUT2D eigenvalue weighted by molar-refractivity contribution is 0.670. The molecule has 2 heterocycles. The van der Waals surface area contributed by atoms with E-state index in [2.05, 4.69) is 246 Å². The predicted molar refractivity (Wildman–Crippen MR) is 264 cm³/mol. The van der Waals surface area contributed by atoms with Gasteiger partial charge >= 0.3 is 0 Å². The average molecular weight is 805 g/mol. The second-order valence-corrected chi connectivity index (χ2v) is 16.1. The van der Waals surface area contributed by atoms with Gasteiger partial charge in [-0.15, -0.1) is 0 Å². The molecule has 3 nitrogen and oxygen atoms in total. The van der Waals surface area contributed by atoms with E-state index in [-0.39, 0.29) is 0 Å². The SMILES string of the molecule is c1ccc(-c2cccc(N(c3ccccc3)c3ccc(-c4cc(-c5ccc6c(c5)c5ccccc5n6-c5ccccc5)cc(-c5cccc6c5oc5ccccc56)c4)cc3)c2)cc1. The number of benzene rings is 10. The number of rotatable bonds is 8. The van der Waals surface area contributed by atoms with E-state index in [0.717, 1.165) is 78.1 Å². The van der Waals surface area contributed by atoms with Gasteiger partial charge in [-0.25, -0.2) is 0 Å². The molecule has 0 radical (unpaired) electrons. The molecule has 0 aliphatic heterocycles. The Labute approximate surface area is 366 Å². The van der Waals surface area contributed by atoms with Gasteiger partial charge in [0.1, 0.15) is 11.2 Å². The Kier molecular flexibility index (Phi) is 8.83. The first kappa shape index (κ1) is 36.5. The van der Waals surface area contributed by atoms with Gasteiger partial charge in [-0.2, -0.15) is 0 Å². The summed E-state index contributed by atoms with van der Waals surface area (Å²) in [5, 5.41) is 4.69. The van der Waals surface area contributed by atoms with Crippen LogP contribution in [0, 0.1) is 0 Å².